The van der Waals surface area contributed by atoms with Crippen LogP contribution in [-0.4, -0.2) is 22.9 Å². The summed E-state index contributed by atoms with van der Waals surface area (Å²) in [5.41, 5.74) is 0.636. The lowest BCUT2D eigenvalue weighted by Crippen LogP contribution is -2.27. The Morgan fingerprint density at radius 2 is 2.26 bits per heavy atom. The van der Waals surface area contributed by atoms with Gasteiger partial charge >= 0.3 is 0 Å². The van der Waals surface area contributed by atoms with Crippen molar-refractivity contribution in [2.75, 3.05) is 13.1 Å². The zero-order valence-corrected chi connectivity index (χ0v) is 11.7. The molecule has 102 valence electrons. The van der Waals surface area contributed by atoms with Gasteiger partial charge in [0.2, 0.25) is 0 Å². The van der Waals surface area contributed by atoms with E-state index < -0.39 is 4.92 Å². The molecule has 0 aliphatic rings. The number of nitro groups is 1. The van der Waals surface area contributed by atoms with E-state index in [-0.39, 0.29) is 11.6 Å². The molecule has 0 aromatic heterocycles. The predicted molar refractivity (Wildman–Crippen MR) is 73.8 cm³/mol. The maximum absolute atomic E-state index is 11.0. The molecule has 0 N–H and O–H groups in total. The van der Waals surface area contributed by atoms with Gasteiger partial charge in [-0.15, -0.1) is 0 Å². The molecule has 1 unspecified atom stereocenters. The van der Waals surface area contributed by atoms with Crippen LogP contribution >= 0.6 is 11.6 Å². The maximum Gasteiger partial charge on any atom is 0.273 e. The van der Waals surface area contributed by atoms with Gasteiger partial charge < -0.3 is 0 Å². The number of nitrogens with zero attached hydrogens (tertiary/aromatic N) is 3. The summed E-state index contributed by atoms with van der Waals surface area (Å²) in [4.78, 5) is 12.6. The number of hydrogen-bond donors (Lipinski definition) is 0. The second-order valence-electron chi connectivity index (χ2n) is 4.39. The van der Waals surface area contributed by atoms with Crippen LogP contribution in [0.5, 0.6) is 0 Å². The SMILES string of the molecule is CCN(Cc1cc(Cl)ccc1[N+](=O)[O-])CC(C)C#N. The zero-order chi connectivity index (χ0) is 14.4. The van der Waals surface area contributed by atoms with Crippen LogP contribution in [0.4, 0.5) is 5.69 Å². The monoisotopic (exact) mass is 281 g/mol. The lowest BCUT2D eigenvalue weighted by Gasteiger charge is -2.21. The van der Waals surface area contributed by atoms with Gasteiger partial charge in [0.05, 0.1) is 16.9 Å². The van der Waals surface area contributed by atoms with Crippen LogP contribution in [0.15, 0.2) is 18.2 Å². The lowest BCUT2D eigenvalue weighted by molar-refractivity contribution is -0.385. The van der Waals surface area contributed by atoms with E-state index >= 15 is 0 Å². The summed E-state index contributed by atoms with van der Waals surface area (Å²) in [6.07, 6.45) is 0. The van der Waals surface area contributed by atoms with Crippen molar-refractivity contribution in [3.05, 3.63) is 38.9 Å². The van der Waals surface area contributed by atoms with Gasteiger partial charge in [-0.2, -0.15) is 5.26 Å². The number of hydrogen-bond acceptors (Lipinski definition) is 4. The molecule has 0 fully saturated rings. The van der Waals surface area contributed by atoms with Gasteiger partial charge in [-0.3, -0.25) is 15.0 Å². The Hall–Kier alpha value is -1.64. The van der Waals surface area contributed by atoms with Crippen molar-refractivity contribution in [1.29, 1.82) is 5.26 Å². The average molecular weight is 282 g/mol. The molecule has 0 heterocycles. The predicted octanol–water partition coefficient (Wildman–Crippen LogP) is 3.23. The van der Waals surface area contributed by atoms with E-state index in [1.54, 1.807) is 6.07 Å². The van der Waals surface area contributed by atoms with Crippen LogP contribution in [0.3, 0.4) is 0 Å². The van der Waals surface area contributed by atoms with E-state index in [1.807, 2.05) is 18.7 Å². The van der Waals surface area contributed by atoms with E-state index in [1.165, 1.54) is 12.1 Å². The molecule has 6 heteroatoms. The summed E-state index contributed by atoms with van der Waals surface area (Å²) in [5.74, 6) is -0.113. The summed E-state index contributed by atoms with van der Waals surface area (Å²) in [5, 5.41) is 20.3. The molecule has 0 saturated carbocycles. The smallest absolute Gasteiger partial charge is 0.273 e. The van der Waals surface area contributed by atoms with Crippen LogP contribution in [0.25, 0.3) is 0 Å². The van der Waals surface area contributed by atoms with Gasteiger partial charge in [0.15, 0.2) is 0 Å². The van der Waals surface area contributed by atoms with Crippen LogP contribution in [-0.2, 0) is 6.54 Å². The van der Waals surface area contributed by atoms with E-state index in [0.717, 1.165) is 6.54 Å². The molecular formula is C13H16ClN3O2. The molecule has 1 aromatic carbocycles. The fourth-order valence-electron chi connectivity index (χ4n) is 1.83. The summed E-state index contributed by atoms with van der Waals surface area (Å²) in [6.45, 7) is 5.50. The van der Waals surface area contributed by atoms with E-state index in [0.29, 0.717) is 23.7 Å². The van der Waals surface area contributed by atoms with E-state index in [4.69, 9.17) is 16.9 Å². The Bertz CT molecular complexity index is 499. The first-order valence-electron chi connectivity index (χ1n) is 6.02. The van der Waals surface area contributed by atoms with Crippen molar-refractivity contribution < 1.29 is 4.92 Å². The Labute approximate surface area is 117 Å². The number of rotatable bonds is 6. The molecule has 0 amide bonds. The summed E-state index contributed by atoms with van der Waals surface area (Å²) < 4.78 is 0. The zero-order valence-electron chi connectivity index (χ0n) is 11.0. The standard InChI is InChI=1S/C13H16ClN3O2/c1-3-16(8-10(2)7-15)9-11-6-12(14)4-5-13(11)17(18)19/h4-6,10H,3,8-9H2,1-2H3. The quantitative estimate of drug-likeness (QED) is 0.593. The van der Waals surface area contributed by atoms with Crippen molar-refractivity contribution in [1.82, 2.24) is 4.90 Å². The molecular weight excluding hydrogens is 266 g/mol. The molecule has 1 aromatic rings. The Morgan fingerprint density at radius 3 is 2.79 bits per heavy atom. The molecule has 0 saturated heterocycles. The van der Waals surface area contributed by atoms with Crippen LogP contribution < -0.4 is 0 Å². The summed E-state index contributed by atoms with van der Waals surface area (Å²) in [7, 11) is 0. The second-order valence-corrected chi connectivity index (χ2v) is 4.82. The first-order chi connectivity index (χ1) is 8.97. The molecule has 5 nitrogen and oxygen atoms in total. The normalized spacial score (nSPS) is 12.2. The van der Waals surface area contributed by atoms with Crippen molar-refractivity contribution in [2.24, 2.45) is 5.92 Å². The minimum Gasteiger partial charge on any atom is -0.298 e. The highest BCUT2D eigenvalue weighted by Crippen LogP contribution is 2.24. The molecule has 0 aliphatic heterocycles. The van der Waals surface area contributed by atoms with Crippen LogP contribution in [0, 0.1) is 27.4 Å². The fraction of sp³-hybridized carbons (Fsp3) is 0.462. The third-order valence-corrected chi connectivity index (χ3v) is 3.07. The van der Waals surface area contributed by atoms with Crippen molar-refractivity contribution in [3.8, 4) is 6.07 Å². The number of halogens is 1. The van der Waals surface area contributed by atoms with Crippen LogP contribution in [0.1, 0.15) is 19.4 Å². The summed E-state index contributed by atoms with van der Waals surface area (Å²) >= 11 is 5.89. The molecule has 0 bridgehead atoms. The number of benzene rings is 1. The van der Waals surface area contributed by atoms with Gasteiger partial charge in [-0.1, -0.05) is 18.5 Å². The molecule has 1 atom stereocenters. The molecule has 19 heavy (non-hydrogen) atoms. The van der Waals surface area contributed by atoms with Crippen LogP contribution in [0.2, 0.25) is 5.02 Å². The highest BCUT2D eigenvalue weighted by Gasteiger charge is 2.17. The molecule has 0 aliphatic carbocycles. The number of nitriles is 1. The van der Waals surface area contributed by atoms with Crippen molar-refractivity contribution in [2.45, 2.75) is 20.4 Å². The topological polar surface area (TPSA) is 70.2 Å². The summed E-state index contributed by atoms with van der Waals surface area (Å²) in [6, 6.07) is 6.70. The Kier molecular flexibility index (Phi) is 5.74. The largest absolute Gasteiger partial charge is 0.298 e. The van der Waals surface area contributed by atoms with E-state index in [2.05, 4.69) is 6.07 Å². The maximum atomic E-state index is 11.0. The minimum absolute atomic E-state index is 0.0625. The average Bonchev–Trinajstić information content (AvgIpc) is 2.37. The van der Waals surface area contributed by atoms with Crippen molar-refractivity contribution >= 4 is 17.3 Å². The first kappa shape index (κ1) is 15.4. The number of nitro benzene ring substituents is 1. The van der Waals surface area contributed by atoms with Gasteiger partial charge in [-0.05, 0) is 25.6 Å². The second kappa shape index (κ2) is 7.07. The Balaban J connectivity index is 2.93. The van der Waals surface area contributed by atoms with E-state index in [9.17, 15) is 10.1 Å². The van der Waals surface area contributed by atoms with Gasteiger partial charge in [0.1, 0.15) is 0 Å². The first-order valence-corrected chi connectivity index (χ1v) is 6.40. The lowest BCUT2D eigenvalue weighted by atomic mass is 10.1. The fourth-order valence-corrected chi connectivity index (χ4v) is 2.03. The van der Waals surface area contributed by atoms with Gasteiger partial charge in [0, 0.05) is 29.7 Å². The Morgan fingerprint density at radius 1 is 1.58 bits per heavy atom. The highest BCUT2D eigenvalue weighted by atomic mass is 35.5. The molecule has 0 radical (unpaired) electrons. The van der Waals surface area contributed by atoms with Crippen molar-refractivity contribution in [3.63, 3.8) is 0 Å². The van der Waals surface area contributed by atoms with Gasteiger partial charge in [0.25, 0.3) is 5.69 Å². The molecule has 0 spiro atoms. The third kappa shape index (κ3) is 4.51. The minimum atomic E-state index is -0.410. The third-order valence-electron chi connectivity index (χ3n) is 2.83. The molecule has 1 rings (SSSR count). The van der Waals surface area contributed by atoms with Gasteiger partial charge in [-0.25, -0.2) is 0 Å². The highest BCUT2D eigenvalue weighted by molar-refractivity contribution is 6.30.